The Morgan fingerprint density at radius 2 is 1.83 bits per heavy atom. The average molecular weight is 556 g/mol. The molecular formula is C31H31F2N7O. The topological polar surface area (TPSA) is 89.8 Å². The molecule has 0 radical (unpaired) electrons. The van der Waals surface area contributed by atoms with Crippen LogP contribution in [0.5, 0.6) is 5.75 Å². The van der Waals surface area contributed by atoms with Crippen molar-refractivity contribution in [2.45, 2.75) is 33.7 Å². The van der Waals surface area contributed by atoms with Gasteiger partial charge in [0.05, 0.1) is 18.7 Å². The van der Waals surface area contributed by atoms with Crippen LogP contribution in [-0.2, 0) is 13.0 Å². The lowest BCUT2D eigenvalue weighted by Crippen LogP contribution is -2.43. The fourth-order valence-corrected chi connectivity index (χ4v) is 5.02. The molecule has 1 fully saturated rings. The number of nitrogens with zero attached hydrogens (tertiary/aromatic N) is 5. The van der Waals surface area contributed by atoms with E-state index in [0.717, 1.165) is 52.9 Å². The van der Waals surface area contributed by atoms with E-state index in [1.165, 1.54) is 12.1 Å². The van der Waals surface area contributed by atoms with E-state index < -0.39 is 11.6 Å². The second-order valence-electron chi connectivity index (χ2n) is 10.4. The number of pyridine rings is 1. The minimum Gasteiger partial charge on any atom is -0.494 e. The second kappa shape index (κ2) is 11.2. The third-order valence-corrected chi connectivity index (χ3v) is 7.34. The summed E-state index contributed by atoms with van der Waals surface area (Å²) in [5.41, 5.74) is 5.00. The molecule has 0 spiro atoms. The number of aryl methyl sites for hydroxylation is 2. The zero-order valence-corrected chi connectivity index (χ0v) is 23.2. The monoisotopic (exact) mass is 555 g/mol. The molecule has 0 unspecified atom stereocenters. The highest BCUT2D eigenvalue weighted by molar-refractivity contribution is 5.92. The maximum absolute atomic E-state index is 15.0. The van der Waals surface area contributed by atoms with Crippen LogP contribution in [0, 0.1) is 31.4 Å². The molecule has 5 aromatic rings. The van der Waals surface area contributed by atoms with Crippen molar-refractivity contribution in [2.24, 2.45) is 5.92 Å². The highest BCUT2D eigenvalue weighted by Crippen LogP contribution is 2.31. The van der Waals surface area contributed by atoms with Crippen LogP contribution in [0.25, 0.3) is 22.4 Å². The molecule has 8 nitrogen and oxygen atoms in total. The average Bonchev–Trinajstić information content (AvgIpc) is 3.29. The first-order valence-corrected chi connectivity index (χ1v) is 13.7. The molecule has 0 amide bonds. The first-order valence-electron chi connectivity index (χ1n) is 13.7. The first-order chi connectivity index (χ1) is 19.9. The van der Waals surface area contributed by atoms with Crippen molar-refractivity contribution in [2.75, 3.05) is 25.0 Å². The predicted octanol–water partition coefficient (Wildman–Crippen LogP) is 5.74. The van der Waals surface area contributed by atoms with E-state index in [1.807, 2.05) is 56.6 Å². The SMILES string of the molecule is CCOc1cc(F)c(Cn2nc(-c3ncc(CC4CNC4)c(Nc4cc(C)ncc4C)n3)c3ccccc32)c(F)c1. The third kappa shape index (κ3) is 5.47. The first kappa shape index (κ1) is 26.8. The molecule has 4 heterocycles. The molecule has 2 aromatic carbocycles. The van der Waals surface area contributed by atoms with Crippen molar-refractivity contribution < 1.29 is 13.5 Å². The van der Waals surface area contributed by atoms with Crippen LogP contribution >= 0.6 is 0 Å². The Hall–Kier alpha value is -4.44. The fourth-order valence-electron chi connectivity index (χ4n) is 5.02. The van der Waals surface area contributed by atoms with Gasteiger partial charge < -0.3 is 15.4 Å². The van der Waals surface area contributed by atoms with Crippen molar-refractivity contribution >= 4 is 22.4 Å². The molecule has 1 aliphatic heterocycles. The van der Waals surface area contributed by atoms with Crippen LogP contribution in [0.4, 0.5) is 20.3 Å². The number of nitrogens with one attached hydrogen (secondary N) is 2. The third-order valence-electron chi connectivity index (χ3n) is 7.34. The van der Waals surface area contributed by atoms with Crippen LogP contribution in [-0.4, -0.2) is 44.4 Å². The van der Waals surface area contributed by atoms with Gasteiger partial charge in [0.2, 0.25) is 0 Å². The lowest BCUT2D eigenvalue weighted by Gasteiger charge is -2.27. The molecule has 0 atom stereocenters. The van der Waals surface area contributed by atoms with E-state index >= 15 is 0 Å². The van der Waals surface area contributed by atoms with E-state index in [2.05, 4.69) is 15.6 Å². The zero-order chi connectivity index (χ0) is 28.5. The van der Waals surface area contributed by atoms with Crippen molar-refractivity contribution in [1.82, 2.24) is 30.0 Å². The molecule has 2 N–H and O–H groups in total. The molecule has 0 saturated carbocycles. The largest absolute Gasteiger partial charge is 0.494 e. The van der Waals surface area contributed by atoms with E-state index in [4.69, 9.17) is 19.8 Å². The predicted molar refractivity (Wildman–Crippen MR) is 154 cm³/mol. The van der Waals surface area contributed by atoms with Crippen LogP contribution in [0.2, 0.25) is 0 Å². The molecule has 3 aromatic heterocycles. The lowest BCUT2D eigenvalue weighted by atomic mass is 9.95. The number of ether oxygens (including phenoxy) is 1. The number of rotatable bonds is 9. The number of halogens is 2. The van der Waals surface area contributed by atoms with Gasteiger partial charge in [0.1, 0.15) is 28.9 Å². The summed E-state index contributed by atoms with van der Waals surface area (Å²) in [5, 5.41) is 12.4. The van der Waals surface area contributed by atoms with Crippen molar-refractivity contribution in [3.8, 4) is 17.3 Å². The van der Waals surface area contributed by atoms with Crippen LogP contribution in [0.15, 0.2) is 54.9 Å². The Morgan fingerprint density at radius 3 is 2.56 bits per heavy atom. The smallest absolute Gasteiger partial charge is 0.182 e. The van der Waals surface area contributed by atoms with Gasteiger partial charge in [0.25, 0.3) is 0 Å². The molecule has 210 valence electrons. The van der Waals surface area contributed by atoms with Crippen LogP contribution in [0.1, 0.15) is 29.3 Å². The van der Waals surface area contributed by atoms with E-state index in [-0.39, 0.29) is 17.9 Å². The minimum atomic E-state index is -0.685. The minimum absolute atomic E-state index is 0.0930. The number of aromatic nitrogens is 5. The lowest BCUT2D eigenvalue weighted by molar-refractivity contribution is 0.335. The van der Waals surface area contributed by atoms with Crippen molar-refractivity contribution in [1.29, 1.82) is 0 Å². The van der Waals surface area contributed by atoms with Gasteiger partial charge in [-0.05, 0) is 63.9 Å². The summed E-state index contributed by atoms with van der Waals surface area (Å²) in [7, 11) is 0. The molecule has 0 aliphatic carbocycles. The van der Waals surface area contributed by atoms with Gasteiger partial charge in [-0.2, -0.15) is 5.10 Å². The number of fused-ring (bicyclic) bond motifs is 1. The summed E-state index contributed by atoms with van der Waals surface area (Å²) in [5.74, 6) is 0.435. The molecule has 1 saturated heterocycles. The number of anilines is 2. The maximum Gasteiger partial charge on any atom is 0.182 e. The maximum atomic E-state index is 15.0. The highest BCUT2D eigenvalue weighted by Gasteiger charge is 2.23. The van der Waals surface area contributed by atoms with Crippen LogP contribution in [0.3, 0.4) is 0 Å². The number of hydrogen-bond acceptors (Lipinski definition) is 7. The molecule has 10 heteroatoms. The normalized spacial score (nSPS) is 13.4. The van der Waals surface area contributed by atoms with Gasteiger partial charge in [0.15, 0.2) is 5.82 Å². The summed E-state index contributed by atoms with van der Waals surface area (Å²) in [6.07, 6.45) is 4.53. The van der Waals surface area contributed by atoms with E-state index in [9.17, 15) is 8.78 Å². The van der Waals surface area contributed by atoms with Gasteiger partial charge in [-0.15, -0.1) is 0 Å². The van der Waals surface area contributed by atoms with Crippen LogP contribution < -0.4 is 15.4 Å². The Morgan fingerprint density at radius 1 is 1.05 bits per heavy atom. The van der Waals surface area contributed by atoms with Crippen molar-refractivity contribution in [3.05, 3.63) is 88.9 Å². The van der Waals surface area contributed by atoms with Crippen molar-refractivity contribution in [3.63, 3.8) is 0 Å². The van der Waals surface area contributed by atoms with E-state index in [1.54, 1.807) is 11.6 Å². The standard InChI is InChI=1S/C31H31F2N7O/c1-4-41-22-11-25(32)24(26(33)12-22)17-40-28-8-6-5-7-23(28)29(39-40)31-36-16-21(10-20-14-34-15-20)30(38-31)37-27-9-19(3)35-13-18(27)2/h5-9,11-13,16,20,34H,4,10,14-15,17H2,1-3H3,(H,35,36,37,38). The molecule has 0 bridgehead atoms. The molecule has 6 rings (SSSR count). The molecule has 1 aliphatic rings. The summed E-state index contributed by atoms with van der Waals surface area (Å²) in [6.45, 7) is 7.86. The van der Waals surface area contributed by atoms with Gasteiger partial charge in [-0.3, -0.25) is 9.67 Å². The quantitative estimate of drug-likeness (QED) is 0.240. The summed E-state index contributed by atoms with van der Waals surface area (Å²) in [6, 6.07) is 12.0. The van der Waals surface area contributed by atoms with E-state index in [0.29, 0.717) is 29.9 Å². The Bertz CT molecular complexity index is 1710. The number of benzene rings is 2. The Balaban J connectivity index is 1.41. The summed E-state index contributed by atoms with van der Waals surface area (Å²) < 4.78 is 36.8. The Kier molecular flexibility index (Phi) is 7.32. The molecule has 41 heavy (non-hydrogen) atoms. The number of hydrogen-bond donors (Lipinski definition) is 2. The fraction of sp³-hybridized carbons (Fsp3) is 0.290. The van der Waals surface area contributed by atoms with Gasteiger partial charge in [0, 0.05) is 52.4 Å². The van der Waals surface area contributed by atoms with Gasteiger partial charge in [-0.25, -0.2) is 18.7 Å². The highest BCUT2D eigenvalue weighted by atomic mass is 19.1. The van der Waals surface area contributed by atoms with Gasteiger partial charge >= 0.3 is 0 Å². The zero-order valence-electron chi connectivity index (χ0n) is 23.2. The van der Waals surface area contributed by atoms with Gasteiger partial charge in [-0.1, -0.05) is 18.2 Å². The Labute approximate surface area is 236 Å². The summed E-state index contributed by atoms with van der Waals surface area (Å²) in [4.78, 5) is 14.1. The second-order valence-corrected chi connectivity index (χ2v) is 10.4. The summed E-state index contributed by atoms with van der Waals surface area (Å²) >= 11 is 0. The number of para-hydroxylation sites is 1. The molecular weight excluding hydrogens is 524 g/mol.